The summed E-state index contributed by atoms with van der Waals surface area (Å²) in [5.74, 6) is 0.860. The van der Waals surface area contributed by atoms with Gasteiger partial charge in [-0.25, -0.2) is 0 Å². The normalized spacial score (nSPS) is 11.6. The van der Waals surface area contributed by atoms with Gasteiger partial charge >= 0.3 is 0 Å². The summed E-state index contributed by atoms with van der Waals surface area (Å²) in [5.41, 5.74) is 5.69. The number of carbonyl (C=O) groups is 1. The minimum absolute atomic E-state index is 0.133. The van der Waals surface area contributed by atoms with Crippen LogP contribution in [0.4, 0.5) is 0 Å². The molecule has 0 aliphatic carbocycles. The van der Waals surface area contributed by atoms with Crippen molar-refractivity contribution in [2.24, 2.45) is 0 Å². The molecule has 27 heavy (non-hydrogen) atoms. The molecule has 0 fully saturated rings. The molecule has 0 saturated heterocycles. The zero-order chi connectivity index (χ0) is 19.0. The molecule has 0 N–H and O–H groups in total. The average Bonchev–Trinajstić information content (AvgIpc) is 3.00. The summed E-state index contributed by atoms with van der Waals surface area (Å²) in [5, 5.41) is 2.58. The van der Waals surface area contributed by atoms with E-state index in [-0.39, 0.29) is 16.7 Å². The van der Waals surface area contributed by atoms with Crippen LogP contribution < -0.4 is 0 Å². The molecular weight excluding hydrogens is 350 g/mol. The first kappa shape index (κ1) is 17.9. The van der Waals surface area contributed by atoms with Crippen LogP contribution in [0.25, 0.3) is 32.9 Å². The summed E-state index contributed by atoms with van der Waals surface area (Å²) in [7, 11) is 0.133. The van der Waals surface area contributed by atoms with Gasteiger partial charge in [0.05, 0.1) is 12.5 Å². The molecule has 0 spiro atoms. The number of para-hydroxylation sites is 1. The molecule has 0 bridgehead atoms. The van der Waals surface area contributed by atoms with Gasteiger partial charge in [-0.2, -0.15) is 0 Å². The van der Waals surface area contributed by atoms with Crippen molar-refractivity contribution < 1.29 is 4.79 Å². The Hall–Kier alpha value is -2.52. The van der Waals surface area contributed by atoms with Gasteiger partial charge < -0.3 is 4.57 Å². The van der Waals surface area contributed by atoms with Crippen molar-refractivity contribution in [1.29, 1.82) is 0 Å². The lowest BCUT2D eigenvalue weighted by molar-refractivity contribution is 0.102. The summed E-state index contributed by atoms with van der Waals surface area (Å²) in [6, 6.07) is 23.3. The third-order valence-corrected chi connectivity index (χ3v) is 5.89. The fourth-order valence-electron chi connectivity index (χ4n) is 3.77. The van der Waals surface area contributed by atoms with Crippen LogP contribution in [0.2, 0.25) is 0 Å². The van der Waals surface area contributed by atoms with Gasteiger partial charge in [0.25, 0.3) is 0 Å². The van der Waals surface area contributed by atoms with Crippen molar-refractivity contribution >= 4 is 38.5 Å². The number of rotatable bonds is 5. The fraction of sp³-hybridized carbons (Fsp3) is 0.208. The zero-order valence-electron chi connectivity index (χ0n) is 16.0. The van der Waals surface area contributed by atoms with Crippen molar-refractivity contribution in [1.82, 2.24) is 4.57 Å². The number of carbonyl (C=O) groups excluding carboxylic acids is 1. The van der Waals surface area contributed by atoms with Crippen LogP contribution in [0, 0.1) is 0 Å². The van der Waals surface area contributed by atoms with E-state index >= 15 is 0 Å². The Labute approximate surface area is 163 Å². The quantitative estimate of drug-likeness (QED) is 0.332. The maximum absolute atomic E-state index is 12.3. The zero-order valence-corrected chi connectivity index (χ0v) is 16.8. The Bertz CT molecular complexity index is 1120. The van der Waals surface area contributed by atoms with Crippen molar-refractivity contribution in [2.45, 2.75) is 13.5 Å². The molecule has 3 heteroatoms. The van der Waals surface area contributed by atoms with E-state index in [1.165, 1.54) is 27.4 Å². The van der Waals surface area contributed by atoms with E-state index < -0.39 is 0 Å². The molecule has 1 aromatic heterocycles. The van der Waals surface area contributed by atoms with Gasteiger partial charge in [-0.15, -0.1) is 0 Å². The molecule has 0 saturated carbocycles. The number of Topliss-reactive ketones (excluding diaryl/α,β-unsaturated/α-hetero) is 1. The summed E-state index contributed by atoms with van der Waals surface area (Å²) < 4.78 is 2.36. The number of aromatic nitrogens is 1. The van der Waals surface area contributed by atoms with E-state index in [2.05, 4.69) is 78.6 Å². The molecule has 136 valence electrons. The molecule has 2 nitrogen and oxygen atoms in total. The van der Waals surface area contributed by atoms with Crippen LogP contribution in [0.15, 0.2) is 66.7 Å². The van der Waals surface area contributed by atoms with Crippen LogP contribution in [0.1, 0.15) is 17.3 Å². The van der Waals surface area contributed by atoms with Gasteiger partial charge in [-0.1, -0.05) is 48.5 Å². The first-order valence-electron chi connectivity index (χ1n) is 9.27. The standard InChI is InChI=1S/C24H24NOS/c1-4-25-22-8-6-5-7-20(22)21-15-19(13-14-23(21)25)17-9-11-18(12-10-17)24(26)16-27(2)3/h5-15H,4,16H2,1-3H3/q+1. The minimum atomic E-state index is 0.133. The maximum atomic E-state index is 12.3. The number of fused-ring (bicyclic) bond motifs is 3. The SMILES string of the molecule is CCn1c2ccccc2c2cc(-c3ccc(C(=O)C[S+](C)C)cc3)ccc21. The van der Waals surface area contributed by atoms with E-state index in [4.69, 9.17) is 0 Å². The van der Waals surface area contributed by atoms with Gasteiger partial charge in [-0.3, -0.25) is 4.79 Å². The lowest BCUT2D eigenvalue weighted by atomic mass is 10.0. The van der Waals surface area contributed by atoms with E-state index in [1.54, 1.807) is 0 Å². The van der Waals surface area contributed by atoms with Crippen LogP contribution in [-0.4, -0.2) is 28.6 Å². The monoisotopic (exact) mass is 374 g/mol. The lowest BCUT2D eigenvalue weighted by Crippen LogP contribution is -2.13. The van der Waals surface area contributed by atoms with Crippen LogP contribution >= 0.6 is 0 Å². The van der Waals surface area contributed by atoms with E-state index in [1.807, 2.05) is 12.1 Å². The molecule has 1 heterocycles. The predicted molar refractivity (Wildman–Crippen MR) is 119 cm³/mol. The molecule has 4 rings (SSSR count). The van der Waals surface area contributed by atoms with E-state index in [9.17, 15) is 4.79 Å². The Morgan fingerprint density at radius 2 is 1.52 bits per heavy atom. The van der Waals surface area contributed by atoms with Gasteiger partial charge in [0.2, 0.25) is 5.78 Å². The molecular formula is C24H24NOS+. The molecule has 0 unspecified atom stereocenters. The summed E-state index contributed by atoms with van der Waals surface area (Å²) >= 11 is 0. The highest BCUT2D eigenvalue weighted by molar-refractivity contribution is 7.96. The summed E-state index contributed by atoms with van der Waals surface area (Å²) in [6.07, 6.45) is 4.21. The third kappa shape index (κ3) is 3.28. The predicted octanol–water partition coefficient (Wildman–Crippen LogP) is 5.54. The topological polar surface area (TPSA) is 22.0 Å². The lowest BCUT2D eigenvalue weighted by Gasteiger charge is -2.06. The Kier molecular flexibility index (Phi) is 4.79. The first-order valence-corrected chi connectivity index (χ1v) is 11.5. The number of benzene rings is 3. The summed E-state index contributed by atoms with van der Waals surface area (Å²) in [4.78, 5) is 12.3. The molecule has 0 aliphatic heterocycles. The van der Waals surface area contributed by atoms with Crippen LogP contribution in [0.3, 0.4) is 0 Å². The van der Waals surface area contributed by atoms with Crippen molar-refractivity contribution in [3.05, 3.63) is 72.3 Å². The molecule has 0 amide bonds. The molecule has 0 aliphatic rings. The van der Waals surface area contributed by atoms with Crippen LogP contribution in [0.5, 0.6) is 0 Å². The van der Waals surface area contributed by atoms with Gasteiger partial charge in [0, 0.05) is 33.9 Å². The number of aryl methyl sites for hydroxylation is 1. The highest BCUT2D eigenvalue weighted by Crippen LogP contribution is 2.32. The number of hydrogen-bond donors (Lipinski definition) is 0. The number of ketones is 1. The Morgan fingerprint density at radius 1 is 0.852 bits per heavy atom. The number of nitrogens with zero attached hydrogens (tertiary/aromatic N) is 1. The van der Waals surface area contributed by atoms with Crippen LogP contribution in [-0.2, 0) is 17.4 Å². The van der Waals surface area contributed by atoms with Crippen molar-refractivity contribution in [2.75, 3.05) is 18.3 Å². The van der Waals surface area contributed by atoms with Gasteiger partial charge in [0.1, 0.15) is 0 Å². The molecule has 0 atom stereocenters. The molecule has 3 aromatic carbocycles. The third-order valence-electron chi connectivity index (χ3n) is 5.05. The van der Waals surface area contributed by atoms with Crippen molar-refractivity contribution in [3.8, 4) is 11.1 Å². The second-order valence-corrected chi connectivity index (χ2v) is 9.38. The average molecular weight is 375 g/mol. The second-order valence-electron chi connectivity index (χ2n) is 7.12. The highest BCUT2D eigenvalue weighted by atomic mass is 32.2. The first-order chi connectivity index (χ1) is 13.1. The largest absolute Gasteiger partial charge is 0.341 e. The molecule has 0 radical (unpaired) electrons. The summed E-state index contributed by atoms with van der Waals surface area (Å²) in [6.45, 7) is 3.14. The van der Waals surface area contributed by atoms with Crippen molar-refractivity contribution in [3.63, 3.8) is 0 Å². The Balaban J connectivity index is 1.76. The van der Waals surface area contributed by atoms with Gasteiger partial charge in [-0.05, 0) is 47.1 Å². The number of hydrogen-bond acceptors (Lipinski definition) is 1. The second kappa shape index (κ2) is 7.24. The molecule has 4 aromatic rings. The smallest absolute Gasteiger partial charge is 0.211 e. The maximum Gasteiger partial charge on any atom is 0.211 e. The Morgan fingerprint density at radius 3 is 2.22 bits per heavy atom. The van der Waals surface area contributed by atoms with E-state index in [0.717, 1.165) is 17.7 Å². The fourth-order valence-corrected chi connectivity index (χ4v) is 4.46. The minimum Gasteiger partial charge on any atom is -0.341 e. The van der Waals surface area contributed by atoms with E-state index in [0.29, 0.717) is 5.75 Å². The van der Waals surface area contributed by atoms with Gasteiger partial charge in [0.15, 0.2) is 5.75 Å². The highest BCUT2D eigenvalue weighted by Gasteiger charge is 2.14.